The number of carbonyl (C=O) groups excluding carboxylic acids is 1. The zero-order valence-corrected chi connectivity index (χ0v) is 24.0. The fraction of sp³-hybridized carbons (Fsp3) is 0.375. The number of carboxylic acid groups (broad SMARTS) is 1. The minimum atomic E-state index is -0.787. The Kier molecular flexibility index (Phi) is 12.3. The van der Waals surface area contributed by atoms with Crippen LogP contribution in [0.25, 0.3) is 0 Å². The molecule has 0 saturated carbocycles. The predicted molar refractivity (Wildman–Crippen MR) is 165 cm³/mol. The molecule has 1 amide bonds. The van der Waals surface area contributed by atoms with Crippen LogP contribution in [-0.2, 0) is 9.59 Å². The maximum absolute atomic E-state index is 13.4. The average molecular weight is 563 g/mol. The summed E-state index contributed by atoms with van der Waals surface area (Å²) in [6.45, 7) is 13.4. The van der Waals surface area contributed by atoms with Crippen molar-refractivity contribution < 1.29 is 14.7 Å². The Morgan fingerprint density at radius 3 is 2.48 bits per heavy atom. The molecule has 7 nitrogen and oxygen atoms in total. The number of hydrogen-bond donors (Lipinski definition) is 1. The quantitative estimate of drug-likeness (QED) is 0.194. The summed E-state index contributed by atoms with van der Waals surface area (Å²) in [5, 5.41) is 9.56. The van der Waals surface area contributed by atoms with E-state index in [2.05, 4.69) is 18.1 Å². The Morgan fingerprint density at radius 2 is 1.80 bits per heavy atom. The lowest BCUT2D eigenvalue weighted by Crippen LogP contribution is -2.49. The minimum absolute atomic E-state index is 0.000668. The van der Waals surface area contributed by atoms with Crippen LogP contribution in [-0.4, -0.2) is 83.5 Å². The van der Waals surface area contributed by atoms with E-state index in [1.165, 1.54) is 0 Å². The predicted octanol–water partition coefficient (Wildman–Crippen LogP) is 5.54. The zero-order chi connectivity index (χ0) is 28.9. The highest BCUT2D eigenvalue weighted by Gasteiger charge is 2.27. The molecule has 1 aromatic rings. The Balaban J connectivity index is 1.69. The van der Waals surface area contributed by atoms with Gasteiger partial charge in [0.1, 0.15) is 0 Å². The molecule has 2 aliphatic rings. The molecule has 0 aromatic heterocycles. The Morgan fingerprint density at radius 1 is 1.10 bits per heavy atom. The van der Waals surface area contributed by atoms with Gasteiger partial charge in [-0.05, 0) is 55.5 Å². The highest BCUT2D eigenvalue weighted by molar-refractivity contribution is 6.30. The molecular formula is C32H39ClN4O3. The lowest BCUT2D eigenvalue weighted by atomic mass is 9.97. The number of halogens is 1. The second-order valence-corrected chi connectivity index (χ2v) is 10.5. The van der Waals surface area contributed by atoms with E-state index in [4.69, 9.17) is 26.7 Å². The van der Waals surface area contributed by atoms with Gasteiger partial charge in [-0.1, -0.05) is 67.3 Å². The number of rotatable bonds is 13. The van der Waals surface area contributed by atoms with Crippen molar-refractivity contribution in [2.24, 2.45) is 9.98 Å². The maximum Gasteiger partial charge on any atom is 0.303 e. The van der Waals surface area contributed by atoms with Crippen molar-refractivity contribution in [1.82, 2.24) is 9.80 Å². The highest BCUT2D eigenvalue weighted by Crippen LogP contribution is 2.21. The first kappa shape index (κ1) is 31.0. The van der Waals surface area contributed by atoms with E-state index in [1.54, 1.807) is 12.3 Å². The molecule has 3 rings (SSSR count). The minimum Gasteiger partial charge on any atom is -0.481 e. The van der Waals surface area contributed by atoms with Crippen molar-refractivity contribution in [1.29, 1.82) is 0 Å². The van der Waals surface area contributed by atoms with Crippen molar-refractivity contribution >= 4 is 35.4 Å². The molecule has 2 unspecified atom stereocenters. The Bertz CT molecular complexity index is 1210. The lowest BCUT2D eigenvalue weighted by molar-refractivity contribution is -0.137. The molecule has 1 N–H and O–H groups in total. The molecule has 40 heavy (non-hydrogen) atoms. The van der Waals surface area contributed by atoms with Crippen molar-refractivity contribution in [3.8, 4) is 0 Å². The molecule has 0 spiro atoms. The summed E-state index contributed by atoms with van der Waals surface area (Å²) >= 11 is 6.01. The molecule has 8 heteroatoms. The lowest BCUT2D eigenvalue weighted by Gasteiger charge is -2.35. The van der Waals surface area contributed by atoms with Gasteiger partial charge in [-0.15, -0.1) is 0 Å². The van der Waals surface area contributed by atoms with E-state index < -0.39 is 5.97 Å². The SMILES string of the molecule is C=C/C=C\C(=C)CN1CCN(C(=O)C2=CC(/N=C(\C)CCCCC(=O)O)C(/N=C/c3ccc(Cl)cc3)C=C2)CC1. The van der Waals surface area contributed by atoms with Gasteiger partial charge in [-0.25, -0.2) is 0 Å². The summed E-state index contributed by atoms with van der Waals surface area (Å²) in [6.07, 6.45) is 15.3. The van der Waals surface area contributed by atoms with Gasteiger partial charge in [0.2, 0.25) is 0 Å². The van der Waals surface area contributed by atoms with E-state index in [-0.39, 0.29) is 24.4 Å². The monoisotopic (exact) mass is 562 g/mol. The Labute approximate surface area is 242 Å². The van der Waals surface area contributed by atoms with Crippen LogP contribution in [0.5, 0.6) is 0 Å². The van der Waals surface area contributed by atoms with E-state index in [1.807, 2.05) is 66.5 Å². The van der Waals surface area contributed by atoms with E-state index in [0.29, 0.717) is 36.5 Å². The number of amides is 1. The van der Waals surface area contributed by atoms with Gasteiger partial charge in [0.15, 0.2) is 0 Å². The topological polar surface area (TPSA) is 85.6 Å². The summed E-state index contributed by atoms with van der Waals surface area (Å²) in [5.41, 5.74) is 3.48. The molecule has 1 aliphatic carbocycles. The van der Waals surface area contributed by atoms with Crippen LogP contribution >= 0.6 is 11.6 Å². The number of nitrogens with zero attached hydrogens (tertiary/aromatic N) is 4. The summed E-state index contributed by atoms with van der Waals surface area (Å²) in [5.74, 6) is -0.786. The molecule has 1 aliphatic heterocycles. The molecular weight excluding hydrogens is 524 g/mol. The average Bonchev–Trinajstić information content (AvgIpc) is 2.94. The third-order valence-corrected chi connectivity index (χ3v) is 7.04. The van der Waals surface area contributed by atoms with Crippen LogP contribution in [0.4, 0.5) is 0 Å². The second kappa shape index (κ2) is 15.9. The zero-order valence-electron chi connectivity index (χ0n) is 23.2. The molecule has 2 atom stereocenters. The van der Waals surface area contributed by atoms with E-state index in [9.17, 15) is 9.59 Å². The molecule has 0 radical (unpaired) electrons. The van der Waals surface area contributed by atoms with Gasteiger partial charge in [0.05, 0.1) is 12.1 Å². The van der Waals surface area contributed by atoms with Gasteiger partial charge in [0.25, 0.3) is 5.91 Å². The van der Waals surface area contributed by atoms with Crippen molar-refractivity contribution in [2.75, 3.05) is 32.7 Å². The van der Waals surface area contributed by atoms with E-state index >= 15 is 0 Å². The van der Waals surface area contributed by atoms with Crippen LogP contribution in [0.15, 0.2) is 95.0 Å². The van der Waals surface area contributed by atoms with Gasteiger partial charge < -0.3 is 10.0 Å². The first-order chi connectivity index (χ1) is 19.2. The van der Waals surface area contributed by atoms with E-state index in [0.717, 1.165) is 42.9 Å². The third kappa shape index (κ3) is 10.2. The Hall–Kier alpha value is -3.55. The van der Waals surface area contributed by atoms with Crippen LogP contribution in [0.3, 0.4) is 0 Å². The maximum atomic E-state index is 13.4. The van der Waals surface area contributed by atoms with Crippen molar-refractivity contribution in [3.05, 3.63) is 95.6 Å². The number of unbranched alkanes of at least 4 members (excludes halogenated alkanes) is 1. The number of allylic oxidation sites excluding steroid dienone is 2. The van der Waals surface area contributed by atoms with Crippen LogP contribution in [0.2, 0.25) is 5.02 Å². The fourth-order valence-corrected chi connectivity index (χ4v) is 4.71. The molecule has 212 valence electrons. The number of hydrogen-bond acceptors (Lipinski definition) is 5. The fourth-order valence-electron chi connectivity index (χ4n) is 4.58. The van der Waals surface area contributed by atoms with Gasteiger partial charge in [-0.2, -0.15) is 0 Å². The van der Waals surface area contributed by atoms with Crippen LogP contribution in [0.1, 0.15) is 38.2 Å². The van der Waals surface area contributed by atoms with Crippen LogP contribution < -0.4 is 0 Å². The third-order valence-electron chi connectivity index (χ3n) is 6.79. The smallest absolute Gasteiger partial charge is 0.303 e. The molecule has 1 saturated heterocycles. The number of carbonyl (C=O) groups is 2. The van der Waals surface area contributed by atoms with Gasteiger partial charge >= 0.3 is 5.97 Å². The number of piperazine rings is 1. The highest BCUT2D eigenvalue weighted by atomic mass is 35.5. The second-order valence-electron chi connectivity index (χ2n) is 10.1. The number of carboxylic acids is 1. The summed E-state index contributed by atoms with van der Waals surface area (Å²) < 4.78 is 0. The number of benzene rings is 1. The van der Waals surface area contributed by atoms with Gasteiger partial charge in [0, 0.05) is 61.7 Å². The summed E-state index contributed by atoms with van der Waals surface area (Å²) in [4.78, 5) is 38.1. The summed E-state index contributed by atoms with van der Waals surface area (Å²) in [7, 11) is 0. The molecule has 0 bridgehead atoms. The van der Waals surface area contributed by atoms with Gasteiger partial charge in [-0.3, -0.25) is 24.5 Å². The normalized spacial score (nSPS) is 20.2. The van der Waals surface area contributed by atoms with Crippen LogP contribution in [0, 0.1) is 0 Å². The molecule has 1 aromatic carbocycles. The molecule has 1 heterocycles. The molecule has 1 fully saturated rings. The first-order valence-electron chi connectivity index (χ1n) is 13.7. The number of aliphatic imine (C=N–C) groups is 2. The number of aliphatic carboxylic acids is 1. The first-order valence-corrected chi connectivity index (χ1v) is 14.1. The summed E-state index contributed by atoms with van der Waals surface area (Å²) in [6, 6.07) is 6.86. The van der Waals surface area contributed by atoms with Crippen molar-refractivity contribution in [3.63, 3.8) is 0 Å². The standard InChI is InChI=1S/C32H39ClN4O3/c1-4-5-8-24(2)23-36-17-19-37(20-18-36)32(40)27-13-16-29(34-22-26-11-14-28(33)15-12-26)30(21-27)35-25(3)9-6-7-10-31(38)39/h4-5,8,11-16,21-22,29-30H,1-2,6-7,9-10,17-20,23H2,3H3,(H,38,39)/b8-5-,34-22+,35-25+. The largest absolute Gasteiger partial charge is 0.481 e. The van der Waals surface area contributed by atoms with Crippen molar-refractivity contribution in [2.45, 2.75) is 44.7 Å².